The summed E-state index contributed by atoms with van der Waals surface area (Å²) in [6.45, 7) is 6.55. The SMILES string of the molecule is CC(C)C[C@H](N)c1cc(C(F)(F)F)ccc1N1CCN(C(=O)[C@H]2CCO[C@@H]2c2ccc(Cl)cc2)CC1. The first-order valence-corrected chi connectivity index (χ1v) is 12.8. The third-order valence-electron chi connectivity index (χ3n) is 7.02. The standard InChI is InChI=1S/C27H33ClF3N3O2/c1-17(2)15-23(32)22-16-19(27(29,30)31)5-8-24(22)33-10-12-34(13-11-33)26(35)21-9-14-36-25(21)18-3-6-20(28)7-4-18/h3-8,16-17,21,23,25H,9-15,32H2,1-2H3/t21-,23-,25+/m0/s1. The Hall–Kier alpha value is -2.29. The Kier molecular flexibility index (Phi) is 8.17. The summed E-state index contributed by atoms with van der Waals surface area (Å²) in [4.78, 5) is 17.3. The van der Waals surface area contributed by atoms with Crippen LogP contribution < -0.4 is 10.6 Å². The van der Waals surface area contributed by atoms with Crippen LogP contribution in [0.2, 0.25) is 5.02 Å². The van der Waals surface area contributed by atoms with Crippen molar-refractivity contribution in [2.45, 2.75) is 45.0 Å². The van der Waals surface area contributed by atoms with Crippen LogP contribution in [0, 0.1) is 11.8 Å². The van der Waals surface area contributed by atoms with Crippen LogP contribution in [-0.4, -0.2) is 43.6 Å². The summed E-state index contributed by atoms with van der Waals surface area (Å²) in [7, 11) is 0. The van der Waals surface area contributed by atoms with E-state index in [1.165, 1.54) is 12.1 Å². The van der Waals surface area contributed by atoms with E-state index in [0.29, 0.717) is 61.9 Å². The van der Waals surface area contributed by atoms with Gasteiger partial charge in [0.2, 0.25) is 5.91 Å². The summed E-state index contributed by atoms with van der Waals surface area (Å²) in [6, 6.07) is 10.7. The minimum Gasteiger partial charge on any atom is -0.373 e. The summed E-state index contributed by atoms with van der Waals surface area (Å²) in [5.74, 6) is 0.0362. The highest BCUT2D eigenvalue weighted by Crippen LogP contribution is 2.38. The fourth-order valence-corrected chi connectivity index (χ4v) is 5.30. The minimum absolute atomic E-state index is 0.0521. The van der Waals surface area contributed by atoms with Gasteiger partial charge in [0.25, 0.3) is 0 Å². The molecule has 2 fully saturated rings. The van der Waals surface area contributed by atoms with Gasteiger partial charge >= 0.3 is 6.18 Å². The molecule has 2 saturated heterocycles. The van der Waals surface area contributed by atoms with Gasteiger partial charge < -0.3 is 20.3 Å². The smallest absolute Gasteiger partial charge is 0.373 e. The number of alkyl halides is 3. The van der Waals surface area contributed by atoms with Crippen molar-refractivity contribution in [2.24, 2.45) is 17.6 Å². The monoisotopic (exact) mass is 523 g/mol. The van der Waals surface area contributed by atoms with E-state index in [-0.39, 0.29) is 23.8 Å². The van der Waals surface area contributed by atoms with E-state index < -0.39 is 17.8 Å². The zero-order valence-corrected chi connectivity index (χ0v) is 21.4. The molecule has 2 N–H and O–H groups in total. The summed E-state index contributed by atoms with van der Waals surface area (Å²) >= 11 is 6.01. The Balaban J connectivity index is 1.47. The molecule has 3 atom stereocenters. The lowest BCUT2D eigenvalue weighted by molar-refractivity contribution is -0.138. The van der Waals surface area contributed by atoms with Crippen molar-refractivity contribution in [1.29, 1.82) is 0 Å². The first-order chi connectivity index (χ1) is 17.0. The number of nitrogens with two attached hydrogens (primary N) is 1. The molecule has 0 aromatic heterocycles. The zero-order chi connectivity index (χ0) is 26.0. The zero-order valence-electron chi connectivity index (χ0n) is 20.6. The van der Waals surface area contributed by atoms with Gasteiger partial charge in [-0.2, -0.15) is 13.2 Å². The molecule has 5 nitrogen and oxygen atoms in total. The van der Waals surface area contributed by atoms with Crippen LogP contribution in [0.3, 0.4) is 0 Å². The highest BCUT2D eigenvalue weighted by atomic mass is 35.5. The second-order valence-electron chi connectivity index (χ2n) is 10.1. The predicted octanol–water partition coefficient (Wildman–Crippen LogP) is 5.83. The molecule has 0 unspecified atom stereocenters. The maximum atomic E-state index is 13.4. The van der Waals surface area contributed by atoms with Crippen molar-refractivity contribution in [2.75, 3.05) is 37.7 Å². The van der Waals surface area contributed by atoms with Crippen molar-refractivity contribution in [3.63, 3.8) is 0 Å². The normalized spacial score (nSPS) is 21.8. The van der Waals surface area contributed by atoms with Crippen molar-refractivity contribution in [1.82, 2.24) is 4.90 Å². The number of carbonyl (C=O) groups is 1. The van der Waals surface area contributed by atoms with Crippen molar-refractivity contribution in [3.8, 4) is 0 Å². The van der Waals surface area contributed by atoms with Crippen LogP contribution >= 0.6 is 11.6 Å². The van der Waals surface area contributed by atoms with Crippen molar-refractivity contribution < 1.29 is 22.7 Å². The van der Waals surface area contributed by atoms with Crippen molar-refractivity contribution >= 4 is 23.2 Å². The van der Waals surface area contributed by atoms with Gasteiger partial charge in [-0.1, -0.05) is 37.6 Å². The van der Waals surface area contributed by atoms with Crippen LogP contribution in [0.25, 0.3) is 0 Å². The molecule has 2 aromatic rings. The number of nitrogens with zero attached hydrogens (tertiary/aromatic N) is 2. The Morgan fingerprint density at radius 1 is 1.11 bits per heavy atom. The first kappa shape index (κ1) is 26.8. The molecule has 0 radical (unpaired) electrons. The average Bonchev–Trinajstić information content (AvgIpc) is 3.33. The maximum Gasteiger partial charge on any atom is 0.416 e. The van der Waals surface area contributed by atoms with E-state index in [0.717, 1.165) is 11.6 Å². The lowest BCUT2D eigenvalue weighted by Gasteiger charge is -2.39. The van der Waals surface area contributed by atoms with Crippen LogP contribution in [-0.2, 0) is 15.7 Å². The highest BCUT2D eigenvalue weighted by Gasteiger charge is 2.39. The fraction of sp³-hybridized carbons (Fsp3) is 0.519. The Bertz CT molecular complexity index is 1050. The lowest BCUT2D eigenvalue weighted by atomic mass is 9.93. The van der Waals surface area contributed by atoms with Gasteiger partial charge in [-0.3, -0.25) is 4.79 Å². The summed E-state index contributed by atoms with van der Waals surface area (Å²) in [5.41, 5.74) is 7.83. The molecule has 9 heteroatoms. The molecular formula is C27H33ClF3N3O2. The number of ether oxygens (including phenoxy) is 1. The largest absolute Gasteiger partial charge is 0.416 e. The second-order valence-corrected chi connectivity index (χ2v) is 10.5. The number of anilines is 1. The summed E-state index contributed by atoms with van der Waals surface area (Å²) < 4.78 is 46.1. The molecule has 2 heterocycles. The number of halogens is 4. The van der Waals surface area contributed by atoms with Gasteiger partial charge in [-0.25, -0.2) is 0 Å². The maximum absolute atomic E-state index is 13.4. The number of carbonyl (C=O) groups excluding carboxylic acids is 1. The van der Waals surface area contributed by atoms with Gasteiger partial charge in [-0.15, -0.1) is 0 Å². The predicted molar refractivity (Wildman–Crippen MR) is 135 cm³/mol. The lowest BCUT2D eigenvalue weighted by Crippen LogP contribution is -2.51. The van der Waals surface area contributed by atoms with Crippen LogP contribution in [0.15, 0.2) is 42.5 Å². The molecule has 0 spiro atoms. The van der Waals surface area contributed by atoms with Gasteiger partial charge in [-0.05, 0) is 60.2 Å². The number of benzene rings is 2. The van der Waals surface area contributed by atoms with Gasteiger partial charge in [0, 0.05) is 49.5 Å². The Morgan fingerprint density at radius 2 is 1.78 bits per heavy atom. The topological polar surface area (TPSA) is 58.8 Å². The molecular weight excluding hydrogens is 491 g/mol. The molecule has 196 valence electrons. The number of hydrogen-bond acceptors (Lipinski definition) is 4. The molecule has 0 bridgehead atoms. The molecule has 1 amide bonds. The van der Waals surface area contributed by atoms with Gasteiger partial charge in [0.1, 0.15) is 0 Å². The van der Waals surface area contributed by atoms with E-state index in [9.17, 15) is 18.0 Å². The molecule has 2 aliphatic heterocycles. The highest BCUT2D eigenvalue weighted by molar-refractivity contribution is 6.30. The molecule has 2 aromatic carbocycles. The second kappa shape index (κ2) is 11.0. The molecule has 36 heavy (non-hydrogen) atoms. The minimum atomic E-state index is -4.43. The molecule has 0 saturated carbocycles. The van der Waals surface area contributed by atoms with E-state index in [1.807, 2.05) is 35.8 Å². The van der Waals surface area contributed by atoms with Crippen LogP contribution in [0.5, 0.6) is 0 Å². The first-order valence-electron chi connectivity index (χ1n) is 12.4. The molecule has 4 rings (SSSR count). The third kappa shape index (κ3) is 5.98. The Morgan fingerprint density at radius 3 is 2.39 bits per heavy atom. The number of piperazine rings is 1. The van der Waals surface area contributed by atoms with E-state index >= 15 is 0 Å². The van der Waals surface area contributed by atoms with E-state index in [1.54, 1.807) is 12.1 Å². The number of hydrogen-bond donors (Lipinski definition) is 1. The van der Waals surface area contributed by atoms with Crippen LogP contribution in [0.1, 0.15) is 55.5 Å². The summed E-state index contributed by atoms with van der Waals surface area (Å²) in [6.07, 6.45) is -3.50. The van der Waals surface area contributed by atoms with Gasteiger partial charge in [0.05, 0.1) is 17.6 Å². The Labute approximate surface area is 215 Å². The number of amides is 1. The number of rotatable bonds is 6. The molecule has 0 aliphatic carbocycles. The van der Waals surface area contributed by atoms with E-state index in [4.69, 9.17) is 22.1 Å². The third-order valence-corrected chi connectivity index (χ3v) is 7.27. The average molecular weight is 524 g/mol. The van der Waals surface area contributed by atoms with E-state index in [2.05, 4.69) is 0 Å². The van der Waals surface area contributed by atoms with Crippen molar-refractivity contribution in [3.05, 3.63) is 64.2 Å². The fourth-order valence-electron chi connectivity index (χ4n) is 5.18. The molecule has 2 aliphatic rings. The quantitative estimate of drug-likeness (QED) is 0.517. The van der Waals surface area contributed by atoms with Gasteiger partial charge in [0.15, 0.2) is 0 Å². The van der Waals surface area contributed by atoms with Crippen LogP contribution in [0.4, 0.5) is 18.9 Å². The summed E-state index contributed by atoms with van der Waals surface area (Å²) in [5, 5.41) is 0.631.